The minimum absolute atomic E-state index is 0.288. The Morgan fingerprint density at radius 1 is 1.06 bits per heavy atom. The van der Waals surface area contributed by atoms with Gasteiger partial charge in [0.15, 0.2) is 0 Å². The van der Waals surface area contributed by atoms with Gasteiger partial charge in [0, 0.05) is 18.8 Å². The lowest BCUT2D eigenvalue weighted by atomic mass is 9.49. The largest absolute Gasteiger partial charge is 0.458 e. The third kappa shape index (κ3) is 2.70. The van der Waals surface area contributed by atoms with Crippen molar-refractivity contribution in [3.8, 4) is 0 Å². The quantitative estimate of drug-likeness (QED) is 0.469. The molecule has 0 N–H and O–H groups in total. The summed E-state index contributed by atoms with van der Waals surface area (Å²) in [5.74, 6) is -6.30. The summed E-state index contributed by atoms with van der Waals surface area (Å²) >= 11 is 0. The van der Waals surface area contributed by atoms with Gasteiger partial charge >= 0.3 is 23.8 Å². The van der Waals surface area contributed by atoms with Crippen molar-refractivity contribution in [1.29, 1.82) is 0 Å². The van der Waals surface area contributed by atoms with Crippen molar-refractivity contribution in [2.75, 3.05) is 0 Å². The van der Waals surface area contributed by atoms with Crippen molar-refractivity contribution in [1.82, 2.24) is 0 Å². The molecule has 32 heavy (non-hydrogen) atoms. The topological polar surface area (TPSA) is 78.9 Å². The summed E-state index contributed by atoms with van der Waals surface area (Å²) in [6.45, 7) is 2.55. The minimum Gasteiger partial charge on any atom is -0.458 e. The lowest BCUT2D eigenvalue weighted by Crippen LogP contribution is -2.60. The van der Waals surface area contributed by atoms with E-state index >= 15 is 0 Å². The molecule has 0 radical (unpaired) electrons. The fourth-order valence-corrected chi connectivity index (χ4v) is 8.75. The first-order chi connectivity index (χ1) is 15.1. The summed E-state index contributed by atoms with van der Waals surface area (Å²) in [5.41, 5.74) is -0.503. The summed E-state index contributed by atoms with van der Waals surface area (Å²) in [4.78, 5) is 38.1. The van der Waals surface area contributed by atoms with E-state index in [2.05, 4.69) is 6.92 Å². The molecule has 6 unspecified atom stereocenters. The van der Waals surface area contributed by atoms with Crippen LogP contribution in [0.15, 0.2) is 0 Å². The summed E-state index contributed by atoms with van der Waals surface area (Å²) in [7, 11) is 0. The number of halogens is 2. The molecule has 6 bridgehead atoms. The Balaban J connectivity index is 1.26. The van der Waals surface area contributed by atoms with Crippen LogP contribution in [0.25, 0.3) is 0 Å². The van der Waals surface area contributed by atoms with Crippen LogP contribution < -0.4 is 0 Å². The molecule has 1 saturated heterocycles. The van der Waals surface area contributed by atoms with Crippen molar-refractivity contribution in [3.05, 3.63) is 0 Å². The number of hydrogen-bond acceptors (Lipinski definition) is 6. The molecule has 6 aliphatic carbocycles. The maximum Gasteiger partial charge on any atom is 0.377 e. The Morgan fingerprint density at radius 2 is 1.69 bits per heavy atom. The molecule has 0 spiro atoms. The van der Waals surface area contributed by atoms with Crippen LogP contribution in [0.1, 0.15) is 58.8 Å². The van der Waals surface area contributed by atoms with Crippen LogP contribution in [0.5, 0.6) is 0 Å². The molecule has 8 heteroatoms. The fourth-order valence-electron chi connectivity index (χ4n) is 8.75. The van der Waals surface area contributed by atoms with Crippen LogP contribution in [0.3, 0.4) is 0 Å². The molecule has 1 heterocycles. The van der Waals surface area contributed by atoms with E-state index in [1.165, 1.54) is 6.42 Å². The van der Waals surface area contributed by atoms with Gasteiger partial charge in [-0.3, -0.25) is 9.59 Å². The average Bonchev–Trinajstić information content (AvgIpc) is 3.33. The van der Waals surface area contributed by atoms with Crippen LogP contribution in [-0.4, -0.2) is 41.6 Å². The van der Waals surface area contributed by atoms with Crippen molar-refractivity contribution in [2.45, 2.75) is 82.5 Å². The molecular weight excluding hydrogens is 422 g/mol. The molecule has 0 aromatic heterocycles. The molecule has 7 fully saturated rings. The van der Waals surface area contributed by atoms with Crippen LogP contribution >= 0.6 is 0 Å². The summed E-state index contributed by atoms with van der Waals surface area (Å²) in [5, 5.41) is 0. The molecule has 0 aromatic rings. The van der Waals surface area contributed by atoms with Gasteiger partial charge in [-0.15, -0.1) is 0 Å². The summed E-state index contributed by atoms with van der Waals surface area (Å²) < 4.78 is 43.9. The Bertz CT molecular complexity index is 837. The minimum atomic E-state index is -3.65. The van der Waals surface area contributed by atoms with Gasteiger partial charge in [-0.2, -0.15) is 8.78 Å². The first-order valence-electron chi connectivity index (χ1n) is 12.1. The fraction of sp³-hybridized carbons (Fsp3) is 0.875. The molecule has 1 aliphatic heterocycles. The smallest absolute Gasteiger partial charge is 0.377 e. The second-order valence-corrected chi connectivity index (χ2v) is 11.3. The van der Waals surface area contributed by atoms with Gasteiger partial charge in [0.25, 0.3) is 0 Å². The normalized spacial score (nSPS) is 49.9. The monoisotopic (exact) mass is 452 g/mol. The van der Waals surface area contributed by atoms with E-state index in [1.54, 1.807) is 0 Å². The van der Waals surface area contributed by atoms with E-state index in [0.717, 1.165) is 43.9 Å². The second-order valence-electron chi connectivity index (χ2n) is 11.3. The van der Waals surface area contributed by atoms with Gasteiger partial charge in [0.1, 0.15) is 17.8 Å². The number of hydrogen-bond donors (Lipinski definition) is 0. The average molecular weight is 452 g/mol. The van der Waals surface area contributed by atoms with Crippen LogP contribution in [0.4, 0.5) is 8.78 Å². The molecule has 7 aliphatic rings. The Morgan fingerprint density at radius 3 is 2.25 bits per heavy atom. The second kappa shape index (κ2) is 6.66. The third-order valence-electron chi connectivity index (χ3n) is 9.78. The van der Waals surface area contributed by atoms with Crippen LogP contribution in [-0.2, 0) is 28.6 Å². The Hall–Kier alpha value is -1.73. The SMILES string of the molecule is CCC1(OC(=O)C2C3CC4C(OC(=O)C42)C3OC(=O)C(C)(F)F)C2CC3CC(C2)CC1C3. The van der Waals surface area contributed by atoms with Gasteiger partial charge in [-0.1, -0.05) is 6.92 Å². The zero-order valence-electron chi connectivity index (χ0n) is 18.4. The van der Waals surface area contributed by atoms with E-state index in [9.17, 15) is 23.2 Å². The lowest BCUT2D eigenvalue weighted by molar-refractivity contribution is -0.218. The standard InChI is InChI=1S/C24H30F2O6/c1-3-24(12-5-10-4-11(7-12)8-13(24)6-10)32-21(28)17-15-9-14-16(17)20(27)30-18(14)19(15)31-22(29)23(2,25)26/h10-19H,3-9H2,1-2H3. The van der Waals surface area contributed by atoms with Crippen molar-refractivity contribution >= 4 is 17.9 Å². The molecule has 6 nitrogen and oxygen atoms in total. The van der Waals surface area contributed by atoms with E-state index in [1.807, 2.05) is 0 Å². The highest BCUT2D eigenvalue weighted by Crippen LogP contribution is 2.63. The first-order valence-corrected chi connectivity index (χ1v) is 12.1. The van der Waals surface area contributed by atoms with E-state index in [4.69, 9.17) is 14.2 Å². The highest BCUT2D eigenvalue weighted by atomic mass is 19.3. The molecular formula is C24H30F2O6. The predicted molar refractivity (Wildman–Crippen MR) is 105 cm³/mol. The molecule has 6 atom stereocenters. The maximum absolute atomic E-state index is 13.6. The van der Waals surface area contributed by atoms with Crippen molar-refractivity contribution in [2.24, 2.45) is 47.3 Å². The van der Waals surface area contributed by atoms with Gasteiger partial charge in [0.05, 0.1) is 11.8 Å². The number of fused-ring (bicyclic) bond motifs is 1. The first kappa shape index (κ1) is 20.8. The van der Waals surface area contributed by atoms with E-state index < -0.39 is 59.4 Å². The number of alkyl halides is 2. The van der Waals surface area contributed by atoms with Gasteiger partial charge < -0.3 is 14.2 Å². The number of ether oxygens (including phenoxy) is 3. The van der Waals surface area contributed by atoms with Crippen LogP contribution in [0, 0.1) is 47.3 Å². The van der Waals surface area contributed by atoms with Gasteiger partial charge in [-0.25, -0.2) is 4.79 Å². The maximum atomic E-state index is 13.6. The number of esters is 3. The van der Waals surface area contributed by atoms with Crippen molar-refractivity contribution in [3.63, 3.8) is 0 Å². The Labute approximate surface area is 185 Å². The molecule has 176 valence electrons. The summed E-state index contributed by atoms with van der Waals surface area (Å²) in [6, 6.07) is 0. The van der Waals surface area contributed by atoms with E-state index in [0.29, 0.717) is 25.2 Å². The third-order valence-corrected chi connectivity index (χ3v) is 9.78. The molecule has 7 rings (SSSR count). The summed E-state index contributed by atoms with van der Waals surface area (Å²) in [6.07, 6.45) is 5.07. The highest BCUT2D eigenvalue weighted by Gasteiger charge is 2.71. The van der Waals surface area contributed by atoms with Gasteiger partial charge in [-0.05, 0) is 68.6 Å². The predicted octanol–water partition coefficient (Wildman–Crippen LogP) is 3.51. The van der Waals surface area contributed by atoms with Crippen LogP contribution in [0.2, 0.25) is 0 Å². The lowest BCUT2D eigenvalue weighted by Gasteiger charge is -2.60. The Kier molecular flexibility index (Phi) is 4.34. The molecule has 0 amide bonds. The van der Waals surface area contributed by atoms with Gasteiger partial charge in [0.2, 0.25) is 0 Å². The highest BCUT2D eigenvalue weighted by molar-refractivity contribution is 5.86. The zero-order chi connectivity index (χ0) is 22.6. The van der Waals surface area contributed by atoms with E-state index in [-0.39, 0.29) is 5.92 Å². The number of rotatable bonds is 5. The number of carbonyl (C=O) groups excluding carboxylic acids is 3. The molecule has 6 saturated carbocycles. The zero-order valence-corrected chi connectivity index (χ0v) is 18.4. The number of carbonyl (C=O) groups is 3. The molecule has 0 aromatic carbocycles. The van der Waals surface area contributed by atoms with Crippen molar-refractivity contribution < 1.29 is 37.4 Å².